The summed E-state index contributed by atoms with van der Waals surface area (Å²) in [5, 5.41) is 16.6. The Morgan fingerprint density at radius 1 is 1.24 bits per heavy atom. The Morgan fingerprint density at radius 3 is 2.52 bits per heavy atom. The number of nitrogens with zero attached hydrogens (tertiary/aromatic N) is 3. The molecule has 0 spiro atoms. The fourth-order valence-corrected chi connectivity index (χ4v) is 2.98. The molecule has 3 N–H and O–H groups in total. The normalized spacial score (nSPS) is 15.8. The van der Waals surface area contributed by atoms with Crippen molar-refractivity contribution in [2.45, 2.75) is 0 Å². The number of benzene rings is 1. The molecule has 1 aliphatic heterocycles. The lowest BCUT2D eigenvalue weighted by Gasteiger charge is -2.27. The van der Waals surface area contributed by atoms with Crippen molar-refractivity contribution in [2.75, 3.05) is 33.2 Å². The summed E-state index contributed by atoms with van der Waals surface area (Å²) in [4.78, 5) is 27.9. The van der Waals surface area contributed by atoms with Gasteiger partial charge in [0.1, 0.15) is 5.56 Å². The molecule has 1 aromatic carbocycles. The molecule has 0 atom stereocenters. The van der Waals surface area contributed by atoms with E-state index in [1.807, 2.05) is 17.1 Å². The van der Waals surface area contributed by atoms with Gasteiger partial charge < -0.3 is 10.0 Å². The van der Waals surface area contributed by atoms with Crippen molar-refractivity contribution in [3.63, 3.8) is 0 Å². The molecular weight excluding hydrogens is 437 g/mol. The summed E-state index contributed by atoms with van der Waals surface area (Å²) in [6.45, 7) is 3.47. The van der Waals surface area contributed by atoms with E-state index in [2.05, 4.69) is 39.7 Å². The number of aromatic hydroxyl groups is 1. The summed E-state index contributed by atoms with van der Waals surface area (Å²) in [5.74, 6) is -0.418. The molecular formula is C16H19IN5O3+. The fraction of sp³-hybridized carbons (Fsp3) is 0.312. The number of hydrogen-bond acceptors (Lipinski definition) is 5. The van der Waals surface area contributed by atoms with Crippen LogP contribution in [0.4, 0.5) is 0 Å². The second-order valence-corrected chi connectivity index (χ2v) is 7.21. The molecule has 1 aromatic heterocycles. The maximum atomic E-state index is 12.1. The first-order chi connectivity index (χ1) is 12.0. The molecule has 8 nitrogen and oxygen atoms in total. The van der Waals surface area contributed by atoms with Gasteiger partial charge in [-0.15, -0.1) is 0 Å². The number of rotatable bonds is 3. The van der Waals surface area contributed by atoms with E-state index < -0.39 is 17.1 Å². The third-order valence-electron chi connectivity index (χ3n) is 4.15. The first-order valence-corrected chi connectivity index (χ1v) is 8.98. The number of halogens is 1. The Bertz CT molecular complexity index is 895. The zero-order valence-electron chi connectivity index (χ0n) is 13.7. The molecule has 0 bridgehead atoms. The van der Waals surface area contributed by atoms with Crippen LogP contribution < -0.4 is 16.1 Å². The van der Waals surface area contributed by atoms with Crippen LogP contribution >= 0.6 is 22.6 Å². The number of nitrogens with one attached hydrogen (secondary N) is 2. The molecule has 132 valence electrons. The molecule has 0 aliphatic carbocycles. The van der Waals surface area contributed by atoms with Gasteiger partial charge in [0.15, 0.2) is 0 Å². The van der Waals surface area contributed by atoms with Crippen molar-refractivity contribution in [1.82, 2.24) is 14.6 Å². The molecule has 1 saturated heterocycles. The van der Waals surface area contributed by atoms with E-state index in [9.17, 15) is 14.7 Å². The molecule has 0 radical (unpaired) electrons. The summed E-state index contributed by atoms with van der Waals surface area (Å²) in [7, 11) is 2.12. The first kappa shape index (κ1) is 17.7. The van der Waals surface area contributed by atoms with E-state index in [4.69, 9.17) is 0 Å². The maximum absolute atomic E-state index is 12.1. The van der Waals surface area contributed by atoms with Crippen LogP contribution in [0.15, 0.2) is 39.0 Å². The number of aromatic nitrogens is 2. The van der Waals surface area contributed by atoms with E-state index in [0.29, 0.717) is 5.69 Å². The Kier molecular flexibility index (Phi) is 5.23. The van der Waals surface area contributed by atoms with Gasteiger partial charge in [-0.1, -0.05) is 0 Å². The van der Waals surface area contributed by atoms with Crippen LogP contribution in [0.2, 0.25) is 0 Å². The van der Waals surface area contributed by atoms with Crippen LogP contribution in [0.3, 0.4) is 0 Å². The molecule has 2 heterocycles. The maximum Gasteiger partial charge on any atom is 0.335 e. The van der Waals surface area contributed by atoms with Crippen LogP contribution in [-0.2, 0) is 0 Å². The van der Waals surface area contributed by atoms with Crippen molar-refractivity contribution < 1.29 is 10.0 Å². The number of H-pyrrole nitrogens is 1. The number of hydrazone groups is 1. The van der Waals surface area contributed by atoms with Gasteiger partial charge in [0.2, 0.25) is 5.88 Å². The highest BCUT2D eigenvalue weighted by atomic mass is 127. The number of aromatic amines is 1. The number of likely N-dealkylation sites (N-methyl/N-ethyl adjacent to an activating group) is 1. The fourth-order valence-electron chi connectivity index (χ4n) is 2.62. The Hall–Kier alpha value is -2.14. The zero-order chi connectivity index (χ0) is 18.0. The van der Waals surface area contributed by atoms with Crippen molar-refractivity contribution in [3.05, 3.63) is 54.2 Å². The average Bonchev–Trinajstić information content (AvgIpc) is 2.57. The lowest BCUT2D eigenvalue weighted by molar-refractivity contribution is -0.884. The second-order valence-electron chi connectivity index (χ2n) is 5.96. The van der Waals surface area contributed by atoms with Crippen molar-refractivity contribution in [1.29, 1.82) is 0 Å². The number of hydrogen-bond donors (Lipinski definition) is 3. The average molecular weight is 456 g/mol. The summed E-state index contributed by atoms with van der Waals surface area (Å²) in [6.07, 6.45) is 1.32. The van der Waals surface area contributed by atoms with Crippen molar-refractivity contribution >= 4 is 28.8 Å². The van der Waals surface area contributed by atoms with E-state index in [-0.39, 0.29) is 5.56 Å². The lowest BCUT2D eigenvalue weighted by Crippen LogP contribution is -3.11. The van der Waals surface area contributed by atoms with Gasteiger partial charge in [-0.2, -0.15) is 5.10 Å². The van der Waals surface area contributed by atoms with E-state index in [0.717, 1.165) is 34.3 Å². The van der Waals surface area contributed by atoms with Crippen LogP contribution in [0.25, 0.3) is 5.69 Å². The third kappa shape index (κ3) is 3.93. The Balaban J connectivity index is 1.97. The largest absolute Gasteiger partial charge is 0.493 e. The van der Waals surface area contributed by atoms with E-state index in [1.54, 1.807) is 12.1 Å². The molecule has 0 saturated carbocycles. The molecule has 3 rings (SSSR count). The van der Waals surface area contributed by atoms with E-state index >= 15 is 0 Å². The first-order valence-electron chi connectivity index (χ1n) is 7.90. The highest BCUT2D eigenvalue weighted by Gasteiger charge is 2.17. The highest BCUT2D eigenvalue weighted by molar-refractivity contribution is 14.1. The molecule has 25 heavy (non-hydrogen) atoms. The molecule has 0 amide bonds. The predicted octanol–water partition coefficient (Wildman–Crippen LogP) is -1.000. The van der Waals surface area contributed by atoms with Gasteiger partial charge in [-0.05, 0) is 46.9 Å². The van der Waals surface area contributed by atoms with Crippen LogP contribution in [0.1, 0.15) is 5.56 Å². The summed E-state index contributed by atoms with van der Waals surface area (Å²) < 4.78 is 2.06. The Morgan fingerprint density at radius 2 is 1.88 bits per heavy atom. The van der Waals surface area contributed by atoms with E-state index in [1.165, 1.54) is 11.1 Å². The van der Waals surface area contributed by atoms with Crippen LogP contribution in [-0.4, -0.2) is 59.1 Å². The predicted molar refractivity (Wildman–Crippen MR) is 103 cm³/mol. The van der Waals surface area contributed by atoms with Gasteiger partial charge in [0.25, 0.3) is 5.56 Å². The number of piperazine rings is 1. The zero-order valence-corrected chi connectivity index (χ0v) is 15.9. The number of quaternary nitrogens is 1. The van der Waals surface area contributed by atoms with Crippen LogP contribution in [0.5, 0.6) is 5.88 Å². The minimum absolute atomic E-state index is 0.0376. The molecule has 1 aliphatic rings. The highest BCUT2D eigenvalue weighted by Crippen LogP contribution is 2.16. The monoisotopic (exact) mass is 456 g/mol. The lowest BCUT2D eigenvalue weighted by atomic mass is 10.3. The quantitative estimate of drug-likeness (QED) is 0.408. The van der Waals surface area contributed by atoms with Gasteiger partial charge >= 0.3 is 5.69 Å². The van der Waals surface area contributed by atoms with Gasteiger partial charge in [0.05, 0.1) is 45.1 Å². The summed E-state index contributed by atoms with van der Waals surface area (Å²) >= 11 is 2.15. The molecule has 0 unspecified atom stereocenters. The smallest absolute Gasteiger partial charge is 0.335 e. The van der Waals surface area contributed by atoms with Gasteiger partial charge in [-0.25, -0.2) is 9.36 Å². The standard InChI is InChI=1S/C16H18IN5O3/c1-20-6-8-21(9-7-20)18-10-13-14(23)19-16(25)22(15(13)24)12-4-2-11(17)3-5-12/h2-5,10,24H,6-9H2,1H3,(H,19,23,25)/p+1/b18-10+. The topological polar surface area (TPSA) is 95.1 Å². The minimum atomic E-state index is -0.691. The SMILES string of the molecule is C[NH+]1CCN(/N=C/c2c(O)n(-c3ccc(I)cc3)c(=O)[nH]c2=O)CC1. The summed E-state index contributed by atoms with van der Waals surface area (Å²) in [5.41, 5.74) is -0.918. The molecule has 2 aromatic rings. The van der Waals surface area contributed by atoms with Gasteiger partial charge in [-0.3, -0.25) is 14.8 Å². The Labute approximate surface area is 157 Å². The summed E-state index contributed by atoms with van der Waals surface area (Å²) in [6, 6.07) is 7.02. The third-order valence-corrected chi connectivity index (χ3v) is 4.87. The molecule has 1 fully saturated rings. The van der Waals surface area contributed by atoms with Gasteiger partial charge in [0, 0.05) is 3.57 Å². The van der Waals surface area contributed by atoms with Crippen LogP contribution in [0, 0.1) is 3.57 Å². The molecule has 9 heteroatoms. The second kappa shape index (κ2) is 7.40. The van der Waals surface area contributed by atoms with Crippen molar-refractivity contribution in [2.24, 2.45) is 5.10 Å². The minimum Gasteiger partial charge on any atom is -0.493 e. The van der Waals surface area contributed by atoms with Crippen molar-refractivity contribution in [3.8, 4) is 11.6 Å².